The molecule has 0 unspecified atom stereocenters. The number of carbonyl (C=O) groups excluding carboxylic acids is 1. The number of halogens is 1. The number of benzene rings is 2. The molecule has 2 aliphatic carbocycles. The molecule has 320 valence electrons. The van der Waals surface area contributed by atoms with Crippen molar-refractivity contribution < 1.29 is 27.6 Å². The summed E-state index contributed by atoms with van der Waals surface area (Å²) in [7, 11) is -4.52. The summed E-state index contributed by atoms with van der Waals surface area (Å²) in [5.74, 6) is -0.457. The van der Waals surface area contributed by atoms with E-state index in [1.165, 1.54) is 59.4 Å². The molecule has 5 aromatic rings. The molecule has 3 fully saturated rings. The van der Waals surface area contributed by atoms with Crippen molar-refractivity contribution >= 4 is 55.6 Å². The highest BCUT2D eigenvalue weighted by Crippen LogP contribution is 2.55. The molecule has 1 saturated carbocycles. The van der Waals surface area contributed by atoms with Crippen molar-refractivity contribution in [3.63, 3.8) is 0 Å². The molecule has 2 aromatic carbocycles. The fourth-order valence-electron chi connectivity index (χ4n) is 9.45. The summed E-state index contributed by atoms with van der Waals surface area (Å²) in [6.07, 6.45) is 14.3. The predicted octanol–water partition coefficient (Wildman–Crippen LogP) is 8.58. The highest BCUT2D eigenvalue weighted by Gasteiger charge is 2.41. The smallest absolute Gasteiger partial charge is 0.324 e. The number of fused-ring (bicyclic) bond motifs is 1. The Kier molecular flexibility index (Phi) is 11.7. The lowest BCUT2D eigenvalue weighted by Crippen LogP contribution is -2.47. The lowest BCUT2D eigenvalue weighted by Gasteiger charge is -2.47. The Morgan fingerprint density at radius 3 is 2.56 bits per heavy atom. The molecule has 3 aromatic heterocycles. The van der Waals surface area contributed by atoms with Crippen LogP contribution in [0, 0.1) is 21.4 Å². The number of ether oxygens (including phenoxy) is 2. The van der Waals surface area contributed by atoms with Crippen LogP contribution in [-0.4, -0.2) is 84.6 Å². The van der Waals surface area contributed by atoms with Crippen LogP contribution in [0.25, 0.3) is 16.6 Å². The normalized spacial score (nSPS) is 18.7. The van der Waals surface area contributed by atoms with Crippen LogP contribution in [0.3, 0.4) is 0 Å². The van der Waals surface area contributed by atoms with E-state index >= 15 is 0 Å². The molecular weight excluding hydrogens is 818 g/mol. The van der Waals surface area contributed by atoms with Crippen LogP contribution in [0.5, 0.6) is 11.5 Å². The number of carbonyl (C=O) groups is 1. The van der Waals surface area contributed by atoms with E-state index < -0.39 is 20.9 Å². The molecule has 61 heavy (non-hydrogen) atoms. The van der Waals surface area contributed by atoms with Crippen molar-refractivity contribution in [2.75, 3.05) is 50.8 Å². The summed E-state index contributed by atoms with van der Waals surface area (Å²) in [4.78, 5) is 37.2. The van der Waals surface area contributed by atoms with E-state index in [1.807, 2.05) is 18.2 Å². The number of hydrogen-bond donors (Lipinski definition) is 2. The van der Waals surface area contributed by atoms with Gasteiger partial charge in [-0.15, -0.1) is 0 Å². The van der Waals surface area contributed by atoms with Crippen LogP contribution < -0.4 is 14.4 Å². The second-order valence-electron chi connectivity index (χ2n) is 17.0. The maximum absolute atomic E-state index is 13.9. The van der Waals surface area contributed by atoms with Gasteiger partial charge in [0.05, 0.1) is 24.4 Å². The number of allylic oxidation sites excluding steroid dienone is 1. The fraction of sp³-hybridized carbons (Fsp3) is 0.422. The summed E-state index contributed by atoms with van der Waals surface area (Å²) >= 11 is 6.28. The first-order valence-corrected chi connectivity index (χ1v) is 23.1. The van der Waals surface area contributed by atoms with E-state index in [0.717, 1.165) is 80.6 Å². The molecule has 9 rings (SSSR count). The largest absolute Gasteiger partial charge is 0.455 e. The Balaban J connectivity index is 0.928. The minimum atomic E-state index is -4.52. The van der Waals surface area contributed by atoms with E-state index in [0.29, 0.717) is 42.4 Å². The Morgan fingerprint density at radius 2 is 1.82 bits per heavy atom. The summed E-state index contributed by atoms with van der Waals surface area (Å²) in [5.41, 5.74) is 6.21. The van der Waals surface area contributed by atoms with E-state index in [9.17, 15) is 23.3 Å². The minimum absolute atomic E-state index is 0.0169. The van der Waals surface area contributed by atoms with Gasteiger partial charge in [0.1, 0.15) is 28.2 Å². The summed E-state index contributed by atoms with van der Waals surface area (Å²) in [6.45, 7) is 5.62. The van der Waals surface area contributed by atoms with Crippen LogP contribution in [0.2, 0.25) is 5.02 Å². The quantitative estimate of drug-likeness (QED) is 0.0865. The van der Waals surface area contributed by atoms with Gasteiger partial charge >= 0.3 is 5.82 Å². The zero-order valence-electron chi connectivity index (χ0n) is 34.0. The molecule has 1 spiro atoms. The number of anilines is 1. The molecule has 0 atom stereocenters. The van der Waals surface area contributed by atoms with Crippen molar-refractivity contribution in [2.45, 2.75) is 69.2 Å². The van der Waals surface area contributed by atoms with Gasteiger partial charge in [0.15, 0.2) is 0 Å². The van der Waals surface area contributed by atoms with Crippen molar-refractivity contribution in [1.29, 1.82) is 0 Å². The van der Waals surface area contributed by atoms with Gasteiger partial charge in [-0.3, -0.25) is 9.69 Å². The fourth-order valence-corrected chi connectivity index (χ4v) is 10.6. The third-order valence-corrected chi connectivity index (χ3v) is 14.7. The van der Waals surface area contributed by atoms with Gasteiger partial charge in [-0.1, -0.05) is 35.7 Å². The second-order valence-corrected chi connectivity index (χ2v) is 19.1. The molecule has 0 bridgehead atoms. The molecule has 0 radical (unpaired) electrons. The zero-order chi connectivity index (χ0) is 42.1. The number of piperazine rings is 1. The number of hydrogen-bond acceptors (Lipinski definition) is 10. The van der Waals surface area contributed by atoms with E-state index in [-0.39, 0.29) is 28.6 Å². The number of sulfonamides is 1. The summed E-state index contributed by atoms with van der Waals surface area (Å²) in [5, 5.41) is 13.5. The SMILES string of the molecule is O=C(NS(=O)(=O)c1cc([N+](=O)[O-])n(CCC2CCOCC2)c1)c1ccc(N2CCN(CC3=C(c4ccc(Cl)cc4)CC4(CCC4)CC3)CC2)cc1Oc1cnc2[nH]ccc2c1. The summed E-state index contributed by atoms with van der Waals surface area (Å²) in [6, 6.07) is 18.1. The average molecular weight is 868 g/mol. The molecule has 2 N–H and O–H groups in total. The molecule has 16 heteroatoms. The number of amides is 1. The van der Waals surface area contributed by atoms with Gasteiger partial charge in [0.25, 0.3) is 15.9 Å². The highest BCUT2D eigenvalue weighted by molar-refractivity contribution is 7.90. The molecule has 5 heterocycles. The lowest BCUT2D eigenvalue weighted by atomic mass is 9.59. The molecule has 4 aliphatic rings. The highest BCUT2D eigenvalue weighted by atomic mass is 35.5. The first kappa shape index (κ1) is 41.1. The predicted molar refractivity (Wildman–Crippen MR) is 234 cm³/mol. The van der Waals surface area contributed by atoms with Gasteiger partial charge in [-0.05, 0) is 115 Å². The van der Waals surface area contributed by atoms with Crippen LogP contribution in [0.4, 0.5) is 11.5 Å². The maximum atomic E-state index is 13.9. The first-order valence-electron chi connectivity index (χ1n) is 21.2. The Bertz CT molecular complexity index is 2570. The van der Waals surface area contributed by atoms with Crippen molar-refractivity contribution in [2.24, 2.45) is 11.3 Å². The Hall–Kier alpha value is -5.22. The maximum Gasteiger partial charge on any atom is 0.324 e. The molecule has 2 aliphatic heterocycles. The van der Waals surface area contributed by atoms with Gasteiger partial charge in [-0.2, -0.15) is 0 Å². The van der Waals surface area contributed by atoms with E-state index in [2.05, 4.69) is 36.6 Å². The minimum Gasteiger partial charge on any atom is -0.455 e. The van der Waals surface area contributed by atoms with Gasteiger partial charge in [0, 0.05) is 74.3 Å². The van der Waals surface area contributed by atoms with Crippen LogP contribution in [0.15, 0.2) is 89.7 Å². The Morgan fingerprint density at radius 1 is 1.03 bits per heavy atom. The lowest BCUT2D eigenvalue weighted by molar-refractivity contribution is -0.392. The van der Waals surface area contributed by atoms with Crippen molar-refractivity contribution in [3.8, 4) is 11.5 Å². The zero-order valence-corrected chi connectivity index (χ0v) is 35.6. The number of nitrogens with one attached hydrogen (secondary N) is 2. The third kappa shape index (κ3) is 9.06. The van der Waals surface area contributed by atoms with Crippen LogP contribution in [0.1, 0.15) is 73.7 Å². The molecule has 1 amide bonds. The van der Waals surface area contributed by atoms with Gasteiger partial charge < -0.3 is 29.5 Å². The number of aryl methyl sites for hydroxylation is 1. The number of aromatic amines is 1. The number of nitro groups is 1. The van der Waals surface area contributed by atoms with Crippen molar-refractivity contribution in [1.82, 2.24) is 24.2 Å². The number of H-pyrrole nitrogens is 1. The molecular formula is C45H50ClN7O7S. The number of rotatable bonds is 13. The molecule has 14 nitrogen and oxygen atoms in total. The molecule has 2 saturated heterocycles. The second kappa shape index (κ2) is 17.3. The average Bonchev–Trinajstić information content (AvgIpc) is 3.92. The van der Waals surface area contributed by atoms with Crippen LogP contribution in [-0.2, 0) is 21.3 Å². The summed E-state index contributed by atoms with van der Waals surface area (Å²) < 4.78 is 42.6. The topological polar surface area (TPSA) is 165 Å². The number of nitrogens with zero attached hydrogens (tertiary/aromatic N) is 5. The van der Waals surface area contributed by atoms with Crippen molar-refractivity contribution in [3.05, 3.63) is 111 Å². The number of pyridine rings is 1. The monoisotopic (exact) mass is 867 g/mol. The van der Waals surface area contributed by atoms with Crippen LogP contribution >= 0.6 is 11.6 Å². The number of aromatic nitrogens is 3. The van der Waals surface area contributed by atoms with E-state index in [4.69, 9.17) is 21.1 Å². The van der Waals surface area contributed by atoms with Gasteiger partial charge in [-0.25, -0.2) is 22.7 Å². The van der Waals surface area contributed by atoms with Gasteiger partial charge in [0.2, 0.25) is 0 Å². The first-order chi connectivity index (χ1) is 29.5. The Labute approximate surface area is 360 Å². The standard InChI is InChI=1S/C45H50ClN7O7S/c46-35-4-2-32(3-5-35)40-27-45(13-1-14-45)15-8-34(40)29-50-18-20-51(21-19-50)36-6-7-39(41(25-36)60-37-24-33-9-16-47-43(33)48-28-37)44(54)49-61(57,58)38-26-42(53(55)56)52(30-38)17-10-31-11-22-59-23-12-31/h2-7,9,16,24-26,28,30-31H,1,8,10-15,17-23,27,29H2,(H,47,48)(H,49,54). The third-order valence-electron chi connectivity index (χ3n) is 13.2. The van der Waals surface area contributed by atoms with E-state index in [1.54, 1.807) is 30.5 Å².